The van der Waals surface area contributed by atoms with Crippen LogP contribution in [0.5, 0.6) is 0 Å². The van der Waals surface area contributed by atoms with Crippen LogP contribution >= 0.6 is 0 Å². The molecule has 0 atom stereocenters. The Balaban J connectivity index is 2.21. The number of aromatic nitrogens is 3. The second-order valence-corrected chi connectivity index (χ2v) is 2.90. The minimum Gasteiger partial charge on any atom is -0.223 e. The first-order chi connectivity index (χ1) is 7.40. The van der Waals surface area contributed by atoms with Crippen molar-refractivity contribution in [3.05, 3.63) is 52.9 Å². The second-order valence-electron chi connectivity index (χ2n) is 2.90. The van der Waals surface area contributed by atoms with E-state index in [0.717, 1.165) is 11.3 Å². The van der Waals surface area contributed by atoms with Crippen molar-refractivity contribution < 1.29 is 0 Å². The summed E-state index contributed by atoms with van der Waals surface area (Å²) in [5, 5.41) is 7.48. The van der Waals surface area contributed by atoms with Gasteiger partial charge in [-0.15, -0.1) is 0 Å². The standard InChI is InChI=1S/C9H8N6/c10-14-12-5-8-1-3-9(4-2-8)15-7-11-6-13-15/h1-4,6-7H,5H2. The van der Waals surface area contributed by atoms with Crippen molar-refractivity contribution in [2.75, 3.05) is 0 Å². The highest BCUT2D eigenvalue weighted by Gasteiger charge is 1.96. The number of benzene rings is 1. The van der Waals surface area contributed by atoms with Crippen molar-refractivity contribution in [2.45, 2.75) is 6.54 Å². The van der Waals surface area contributed by atoms with E-state index in [4.69, 9.17) is 5.53 Å². The van der Waals surface area contributed by atoms with E-state index >= 15 is 0 Å². The summed E-state index contributed by atoms with van der Waals surface area (Å²) in [4.78, 5) is 6.56. The Labute approximate surface area is 85.8 Å². The predicted octanol–water partition coefficient (Wildman–Crippen LogP) is 2.08. The van der Waals surface area contributed by atoms with Gasteiger partial charge in [0.25, 0.3) is 0 Å². The van der Waals surface area contributed by atoms with Crippen molar-refractivity contribution in [3.63, 3.8) is 0 Å². The topological polar surface area (TPSA) is 79.5 Å². The van der Waals surface area contributed by atoms with Crippen LogP contribution in [-0.2, 0) is 6.54 Å². The number of azide groups is 1. The van der Waals surface area contributed by atoms with Gasteiger partial charge in [0.15, 0.2) is 0 Å². The maximum absolute atomic E-state index is 8.17. The van der Waals surface area contributed by atoms with E-state index in [2.05, 4.69) is 20.1 Å². The molecular weight excluding hydrogens is 192 g/mol. The average molecular weight is 200 g/mol. The molecule has 0 N–H and O–H groups in total. The lowest BCUT2D eigenvalue weighted by molar-refractivity contribution is 0.877. The SMILES string of the molecule is [N-]=[N+]=NCc1ccc(-n2cncn2)cc1. The second kappa shape index (κ2) is 4.26. The fourth-order valence-electron chi connectivity index (χ4n) is 1.21. The first-order valence-electron chi connectivity index (χ1n) is 4.35. The molecule has 2 rings (SSSR count). The molecule has 0 spiro atoms. The highest BCUT2D eigenvalue weighted by molar-refractivity contribution is 5.33. The molecule has 0 saturated carbocycles. The van der Waals surface area contributed by atoms with Crippen LogP contribution in [0.4, 0.5) is 0 Å². The Kier molecular flexibility index (Phi) is 2.62. The Morgan fingerprint density at radius 1 is 1.33 bits per heavy atom. The van der Waals surface area contributed by atoms with Crippen LogP contribution in [-0.4, -0.2) is 14.8 Å². The van der Waals surface area contributed by atoms with Crippen molar-refractivity contribution in [2.24, 2.45) is 5.11 Å². The average Bonchev–Trinajstić information content (AvgIpc) is 2.80. The van der Waals surface area contributed by atoms with Gasteiger partial charge in [-0.05, 0) is 23.2 Å². The molecule has 0 unspecified atom stereocenters. The molecule has 0 amide bonds. The summed E-state index contributed by atoms with van der Waals surface area (Å²) in [6, 6.07) is 7.59. The highest BCUT2D eigenvalue weighted by atomic mass is 15.3. The smallest absolute Gasteiger partial charge is 0.138 e. The third-order valence-electron chi connectivity index (χ3n) is 1.94. The number of hydrogen-bond acceptors (Lipinski definition) is 3. The quantitative estimate of drug-likeness (QED) is 0.432. The van der Waals surface area contributed by atoms with E-state index in [9.17, 15) is 0 Å². The van der Waals surface area contributed by atoms with Crippen LogP contribution in [0.25, 0.3) is 16.1 Å². The van der Waals surface area contributed by atoms with Crippen molar-refractivity contribution in [1.29, 1.82) is 0 Å². The van der Waals surface area contributed by atoms with Crippen molar-refractivity contribution >= 4 is 0 Å². The van der Waals surface area contributed by atoms with Crippen LogP contribution in [0.2, 0.25) is 0 Å². The first-order valence-corrected chi connectivity index (χ1v) is 4.35. The summed E-state index contributed by atoms with van der Waals surface area (Å²) in [5.41, 5.74) is 10.1. The Morgan fingerprint density at radius 2 is 2.13 bits per heavy atom. The summed E-state index contributed by atoms with van der Waals surface area (Å²) < 4.78 is 1.66. The molecule has 1 aromatic carbocycles. The van der Waals surface area contributed by atoms with Gasteiger partial charge in [0, 0.05) is 4.91 Å². The zero-order chi connectivity index (χ0) is 10.5. The van der Waals surface area contributed by atoms with E-state index in [0.29, 0.717) is 6.54 Å². The van der Waals surface area contributed by atoms with Gasteiger partial charge >= 0.3 is 0 Å². The van der Waals surface area contributed by atoms with E-state index < -0.39 is 0 Å². The first kappa shape index (κ1) is 9.23. The van der Waals surface area contributed by atoms with Gasteiger partial charge in [-0.3, -0.25) is 0 Å². The molecule has 0 aliphatic rings. The minimum absolute atomic E-state index is 0.369. The number of rotatable bonds is 3. The molecule has 1 heterocycles. The zero-order valence-electron chi connectivity index (χ0n) is 7.85. The van der Waals surface area contributed by atoms with Crippen molar-refractivity contribution in [3.8, 4) is 5.69 Å². The molecule has 6 heteroatoms. The monoisotopic (exact) mass is 200 g/mol. The predicted molar refractivity (Wildman–Crippen MR) is 54.2 cm³/mol. The van der Waals surface area contributed by atoms with Gasteiger partial charge in [-0.2, -0.15) is 5.10 Å². The maximum atomic E-state index is 8.17. The molecule has 0 radical (unpaired) electrons. The third kappa shape index (κ3) is 2.12. The fraction of sp³-hybridized carbons (Fsp3) is 0.111. The van der Waals surface area contributed by atoms with E-state index in [-0.39, 0.29) is 0 Å². The summed E-state index contributed by atoms with van der Waals surface area (Å²) in [6.45, 7) is 0.369. The maximum Gasteiger partial charge on any atom is 0.138 e. The third-order valence-corrected chi connectivity index (χ3v) is 1.94. The summed E-state index contributed by atoms with van der Waals surface area (Å²) in [7, 11) is 0. The van der Waals surface area contributed by atoms with Gasteiger partial charge in [0.2, 0.25) is 0 Å². The van der Waals surface area contributed by atoms with Gasteiger partial charge in [0.05, 0.1) is 12.2 Å². The Morgan fingerprint density at radius 3 is 2.73 bits per heavy atom. The molecule has 74 valence electrons. The van der Waals surface area contributed by atoms with Gasteiger partial charge in [0.1, 0.15) is 12.7 Å². The molecule has 0 bridgehead atoms. The molecular formula is C9H8N6. The summed E-state index contributed by atoms with van der Waals surface area (Å²) in [5.74, 6) is 0. The zero-order valence-corrected chi connectivity index (χ0v) is 7.85. The van der Waals surface area contributed by atoms with Crippen LogP contribution in [0.3, 0.4) is 0 Å². The molecule has 2 aromatic rings. The van der Waals surface area contributed by atoms with Gasteiger partial charge in [-0.25, -0.2) is 9.67 Å². The molecule has 0 aliphatic heterocycles. The largest absolute Gasteiger partial charge is 0.223 e. The Hall–Kier alpha value is -2.33. The lowest BCUT2D eigenvalue weighted by atomic mass is 10.2. The Bertz CT molecular complexity index is 466. The van der Waals surface area contributed by atoms with Crippen LogP contribution < -0.4 is 0 Å². The fourth-order valence-corrected chi connectivity index (χ4v) is 1.21. The van der Waals surface area contributed by atoms with E-state index in [1.54, 1.807) is 11.0 Å². The van der Waals surface area contributed by atoms with E-state index in [1.165, 1.54) is 6.33 Å². The molecule has 0 aliphatic carbocycles. The van der Waals surface area contributed by atoms with Crippen LogP contribution in [0.15, 0.2) is 42.0 Å². The normalized spacial score (nSPS) is 9.60. The van der Waals surface area contributed by atoms with Crippen LogP contribution in [0, 0.1) is 0 Å². The van der Waals surface area contributed by atoms with Gasteiger partial charge in [-0.1, -0.05) is 17.2 Å². The van der Waals surface area contributed by atoms with Gasteiger partial charge < -0.3 is 0 Å². The molecule has 15 heavy (non-hydrogen) atoms. The highest BCUT2D eigenvalue weighted by Crippen LogP contribution is 2.08. The number of nitrogens with zero attached hydrogens (tertiary/aromatic N) is 6. The number of hydrogen-bond donors (Lipinski definition) is 0. The van der Waals surface area contributed by atoms with Crippen molar-refractivity contribution in [1.82, 2.24) is 14.8 Å². The summed E-state index contributed by atoms with van der Waals surface area (Å²) in [6.07, 6.45) is 3.11. The van der Waals surface area contributed by atoms with E-state index in [1.807, 2.05) is 24.3 Å². The molecule has 0 saturated heterocycles. The van der Waals surface area contributed by atoms with Crippen LogP contribution in [0.1, 0.15) is 5.56 Å². The molecule has 6 nitrogen and oxygen atoms in total. The lowest BCUT2D eigenvalue weighted by Gasteiger charge is -2.00. The summed E-state index contributed by atoms with van der Waals surface area (Å²) >= 11 is 0. The minimum atomic E-state index is 0.369. The molecule has 1 aromatic heterocycles. The molecule has 0 fully saturated rings. The lowest BCUT2D eigenvalue weighted by Crippen LogP contribution is -1.94.